The maximum Gasteiger partial charge on any atom is 0.338 e. The van der Waals surface area contributed by atoms with Crippen LogP contribution < -0.4 is 0 Å². The number of carbonyl (C=O) groups is 2. The summed E-state index contributed by atoms with van der Waals surface area (Å²) >= 11 is 1.43. The first-order valence-corrected chi connectivity index (χ1v) is 7.76. The molecule has 0 spiro atoms. The van der Waals surface area contributed by atoms with Gasteiger partial charge in [-0.1, -0.05) is 0 Å². The summed E-state index contributed by atoms with van der Waals surface area (Å²) in [7, 11) is 1.39. The first-order chi connectivity index (χ1) is 9.87. The van der Waals surface area contributed by atoms with Crippen LogP contribution in [0.2, 0.25) is 0 Å². The number of thioether (sulfide) groups is 1. The molecule has 1 aromatic rings. The van der Waals surface area contributed by atoms with E-state index in [9.17, 15) is 14.7 Å². The standard InChI is InChI=1S/C15H19NO4S/c1-9-6-10(2)16-13(12(9)14(18)19)21-8-15(4-5-15)7-11(17)20-3/h6H,4-5,7-8H2,1-3H3,(H,18,19). The summed E-state index contributed by atoms with van der Waals surface area (Å²) < 4.78 is 4.72. The number of hydrogen-bond acceptors (Lipinski definition) is 5. The van der Waals surface area contributed by atoms with Crippen LogP contribution in [0.25, 0.3) is 0 Å². The van der Waals surface area contributed by atoms with E-state index in [0.717, 1.165) is 24.1 Å². The van der Waals surface area contributed by atoms with Crippen LogP contribution in [0.15, 0.2) is 11.1 Å². The lowest BCUT2D eigenvalue weighted by Crippen LogP contribution is -2.14. The van der Waals surface area contributed by atoms with Crippen LogP contribution in [-0.2, 0) is 9.53 Å². The SMILES string of the molecule is COC(=O)CC1(CSc2nc(C)cc(C)c2C(=O)O)CC1. The Morgan fingerprint density at radius 2 is 2.10 bits per heavy atom. The molecule has 2 rings (SSSR count). The van der Waals surface area contributed by atoms with Gasteiger partial charge in [0.05, 0.1) is 19.1 Å². The Hall–Kier alpha value is -1.56. The van der Waals surface area contributed by atoms with E-state index in [1.54, 1.807) is 13.0 Å². The molecule has 1 aliphatic rings. The van der Waals surface area contributed by atoms with Gasteiger partial charge >= 0.3 is 11.9 Å². The van der Waals surface area contributed by atoms with Crippen molar-refractivity contribution in [2.24, 2.45) is 5.41 Å². The summed E-state index contributed by atoms with van der Waals surface area (Å²) in [5.74, 6) is -0.474. The second kappa shape index (κ2) is 6.05. The number of aryl methyl sites for hydroxylation is 2. The van der Waals surface area contributed by atoms with Crippen molar-refractivity contribution in [3.05, 3.63) is 22.9 Å². The number of nitrogens with zero attached hydrogens (tertiary/aromatic N) is 1. The highest BCUT2D eigenvalue weighted by Crippen LogP contribution is 2.52. The average Bonchev–Trinajstić information content (AvgIpc) is 3.15. The molecule has 0 atom stereocenters. The Bertz CT molecular complexity index is 581. The van der Waals surface area contributed by atoms with Gasteiger partial charge in [0.25, 0.3) is 0 Å². The maximum absolute atomic E-state index is 11.4. The zero-order valence-electron chi connectivity index (χ0n) is 12.4. The largest absolute Gasteiger partial charge is 0.478 e. The molecule has 1 aromatic heterocycles. The van der Waals surface area contributed by atoms with Gasteiger partial charge < -0.3 is 9.84 Å². The first kappa shape index (κ1) is 15.8. The summed E-state index contributed by atoms with van der Waals surface area (Å²) in [6.45, 7) is 3.63. The van der Waals surface area contributed by atoms with Crippen LogP contribution in [0.1, 0.15) is 40.9 Å². The fraction of sp³-hybridized carbons (Fsp3) is 0.533. The van der Waals surface area contributed by atoms with Crippen molar-refractivity contribution in [2.45, 2.75) is 38.1 Å². The van der Waals surface area contributed by atoms with E-state index in [2.05, 4.69) is 4.98 Å². The van der Waals surface area contributed by atoms with Crippen LogP contribution in [0.5, 0.6) is 0 Å². The van der Waals surface area contributed by atoms with Gasteiger partial charge in [-0.15, -0.1) is 11.8 Å². The predicted octanol–water partition coefficient (Wildman–Crippen LogP) is 2.83. The molecule has 5 nitrogen and oxygen atoms in total. The van der Waals surface area contributed by atoms with E-state index in [0.29, 0.717) is 17.2 Å². The lowest BCUT2D eigenvalue weighted by molar-refractivity contribution is -0.141. The minimum atomic E-state index is -0.958. The van der Waals surface area contributed by atoms with Crippen LogP contribution in [-0.4, -0.2) is 34.9 Å². The van der Waals surface area contributed by atoms with E-state index in [1.165, 1.54) is 18.9 Å². The number of carboxylic acids is 1. The van der Waals surface area contributed by atoms with E-state index in [-0.39, 0.29) is 16.9 Å². The summed E-state index contributed by atoms with van der Waals surface area (Å²) in [5, 5.41) is 9.88. The molecular weight excluding hydrogens is 290 g/mol. The minimum absolute atomic E-state index is 0.0487. The van der Waals surface area contributed by atoms with E-state index in [1.807, 2.05) is 6.92 Å². The number of esters is 1. The summed E-state index contributed by atoms with van der Waals surface area (Å²) in [6, 6.07) is 1.77. The third kappa shape index (κ3) is 3.75. The normalized spacial score (nSPS) is 15.6. The van der Waals surface area contributed by atoms with Gasteiger partial charge in [-0.2, -0.15) is 0 Å². The average molecular weight is 309 g/mol. The number of rotatable bonds is 6. The third-order valence-electron chi connectivity index (χ3n) is 3.74. The molecule has 0 aromatic carbocycles. The Morgan fingerprint density at radius 3 is 2.62 bits per heavy atom. The number of aromatic carboxylic acids is 1. The molecule has 1 fully saturated rings. The summed E-state index contributed by atoms with van der Waals surface area (Å²) in [5.41, 5.74) is 1.74. The first-order valence-electron chi connectivity index (χ1n) is 6.78. The quantitative estimate of drug-likeness (QED) is 0.643. The number of methoxy groups -OCH3 is 1. The van der Waals surface area contributed by atoms with Gasteiger partial charge in [0.2, 0.25) is 0 Å². The maximum atomic E-state index is 11.4. The van der Waals surface area contributed by atoms with E-state index >= 15 is 0 Å². The highest BCUT2D eigenvalue weighted by atomic mass is 32.2. The molecule has 0 aliphatic heterocycles. The monoisotopic (exact) mass is 309 g/mol. The molecule has 0 amide bonds. The van der Waals surface area contributed by atoms with Gasteiger partial charge in [-0.05, 0) is 43.7 Å². The smallest absolute Gasteiger partial charge is 0.338 e. The Morgan fingerprint density at radius 1 is 1.43 bits per heavy atom. The van der Waals surface area contributed by atoms with Gasteiger partial charge in [-0.3, -0.25) is 4.79 Å². The number of carbonyl (C=O) groups excluding carboxylic acids is 1. The predicted molar refractivity (Wildman–Crippen MR) is 79.7 cm³/mol. The zero-order chi connectivity index (χ0) is 15.6. The number of hydrogen-bond donors (Lipinski definition) is 1. The van der Waals surface area contributed by atoms with Crippen LogP contribution in [0, 0.1) is 19.3 Å². The van der Waals surface area contributed by atoms with Crippen molar-refractivity contribution in [1.82, 2.24) is 4.98 Å². The van der Waals surface area contributed by atoms with Crippen molar-refractivity contribution < 1.29 is 19.4 Å². The summed E-state index contributed by atoms with van der Waals surface area (Å²) in [6.07, 6.45) is 2.34. The van der Waals surface area contributed by atoms with Gasteiger partial charge in [-0.25, -0.2) is 9.78 Å². The van der Waals surface area contributed by atoms with Crippen molar-refractivity contribution in [1.29, 1.82) is 0 Å². The van der Waals surface area contributed by atoms with Gasteiger partial charge in [0.15, 0.2) is 0 Å². The number of carboxylic acid groups (broad SMARTS) is 1. The van der Waals surface area contributed by atoms with E-state index in [4.69, 9.17) is 4.74 Å². The molecule has 6 heteroatoms. The van der Waals surface area contributed by atoms with Crippen LogP contribution in [0.3, 0.4) is 0 Å². The molecule has 114 valence electrons. The molecule has 0 radical (unpaired) electrons. The number of ether oxygens (including phenoxy) is 1. The minimum Gasteiger partial charge on any atom is -0.478 e. The molecule has 0 unspecified atom stereocenters. The molecule has 1 N–H and O–H groups in total. The van der Waals surface area contributed by atoms with Crippen molar-refractivity contribution >= 4 is 23.7 Å². The Labute approximate surface area is 128 Å². The molecule has 1 heterocycles. The molecule has 1 saturated carbocycles. The Balaban J connectivity index is 2.13. The van der Waals surface area contributed by atoms with Gasteiger partial charge in [0, 0.05) is 11.4 Å². The molecular formula is C15H19NO4S. The third-order valence-corrected chi connectivity index (χ3v) is 5.07. The zero-order valence-corrected chi connectivity index (χ0v) is 13.2. The second-order valence-corrected chi connectivity index (χ2v) is 6.57. The van der Waals surface area contributed by atoms with Crippen molar-refractivity contribution in [2.75, 3.05) is 12.9 Å². The number of pyridine rings is 1. The highest BCUT2D eigenvalue weighted by Gasteiger charge is 2.44. The number of aromatic nitrogens is 1. The summed E-state index contributed by atoms with van der Waals surface area (Å²) in [4.78, 5) is 27.2. The molecule has 1 aliphatic carbocycles. The Kier molecular flexibility index (Phi) is 4.56. The lowest BCUT2D eigenvalue weighted by atomic mass is 10.1. The second-order valence-electron chi connectivity index (χ2n) is 5.61. The molecule has 0 bridgehead atoms. The molecule has 0 saturated heterocycles. The van der Waals surface area contributed by atoms with Crippen molar-refractivity contribution in [3.63, 3.8) is 0 Å². The fourth-order valence-electron chi connectivity index (χ4n) is 2.32. The van der Waals surface area contributed by atoms with Crippen LogP contribution in [0.4, 0.5) is 0 Å². The topological polar surface area (TPSA) is 76.5 Å². The lowest BCUT2D eigenvalue weighted by Gasteiger charge is -2.14. The highest BCUT2D eigenvalue weighted by molar-refractivity contribution is 7.99. The van der Waals surface area contributed by atoms with E-state index < -0.39 is 5.97 Å². The van der Waals surface area contributed by atoms with Crippen molar-refractivity contribution in [3.8, 4) is 0 Å². The van der Waals surface area contributed by atoms with Gasteiger partial charge in [0.1, 0.15) is 5.03 Å². The molecule has 21 heavy (non-hydrogen) atoms. The fourth-order valence-corrected chi connectivity index (χ4v) is 3.75. The van der Waals surface area contributed by atoms with Crippen LogP contribution >= 0.6 is 11.8 Å².